The van der Waals surface area contributed by atoms with Crippen molar-refractivity contribution in [1.82, 2.24) is 0 Å². The second-order valence-electron chi connectivity index (χ2n) is 3.20. The van der Waals surface area contributed by atoms with E-state index in [-0.39, 0.29) is 0 Å². The normalized spacial score (nSPS) is 36.3. The average molecular weight is 128 g/mol. The highest BCUT2D eigenvalue weighted by Crippen LogP contribution is 2.40. The van der Waals surface area contributed by atoms with Crippen LogP contribution in [0.15, 0.2) is 0 Å². The minimum atomic E-state index is 0.367. The zero-order valence-corrected chi connectivity index (χ0v) is 6.01. The zero-order chi connectivity index (χ0) is 6.85. The molecular formula is C7H16N2. The van der Waals surface area contributed by atoms with Crippen molar-refractivity contribution in [2.45, 2.75) is 25.8 Å². The third-order valence-corrected chi connectivity index (χ3v) is 2.05. The summed E-state index contributed by atoms with van der Waals surface area (Å²) in [6, 6.07) is 0.367. The van der Waals surface area contributed by atoms with Crippen molar-refractivity contribution in [1.29, 1.82) is 0 Å². The van der Waals surface area contributed by atoms with Gasteiger partial charge in [0.05, 0.1) is 0 Å². The van der Waals surface area contributed by atoms with Gasteiger partial charge in [-0.2, -0.15) is 0 Å². The van der Waals surface area contributed by atoms with Crippen molar-refractivity contribution in [3.05, 3.63) is 0 Å². The lowest BCUT2D eigenvalue weighted by Crippen LogP contribution is -2.16. The van der Waals surface area contributed by atoms with Crippen LogP contribution in [0.25, 0.3) is 0 Å². The topological polar surface area (TPSA) is 52.0 Å². The van der Waals surface area contributed by atoms with Gasteiger partial charge in [-0.05, 0) is 38.1 Å². The van der Waals surface area contributed by atoms with E-state index in [1.165, 1.54) is 12.8 Å². The molecule has 0 aromatic carbocycles. The van der Waals surface area contributed by atoms with Crippen molar-refractivity contribution in [2.24, 2.45) is 23.3 Å². The van der Waals surface area contributed by atoms with E-state index >= 15 is 0 Å². The summed E-state index contributed by atoms with van der Waals surface area (Å²) in [5, 5.41) is 0. The smallest absolute Gasteiger partial charge is 0.00132 e. The van der Waals surface area contributed by atoms with E-state index in [2.05, 4.69) is 6.92 Å². The number of rotatable bonds is 3. The van der Waals surface area contributed by atoms with Crippen LogP contribution < -0.4 is 11.5 Å². The van der Waals surface area contributed by atoms with Crippen LogP contribution in [0.5, 0.6) is 0 Å². The third kappa shape index (κ3) is 1.95. The lowest BCUT2D eigenvalue weighted by Gasteiger charge is -2.01. The highest BCUT2D eigenvalue weighted by Gasteiger charge is 2.35. The Kier molecular flexibility index (Phi) is 2.09. The van der Waals surface area contributed by atoms with E-state index < -0.39 is 0 Å². The van der Waals surface area contributed by atoms with E-state index in [9.17, 15) is 0 Å². The van der Waals surface area contributed by atoms with Gasteiger partial charge in [-0.25, -0.2) is 0 Å². The van der Waals surface area contributed by atoms with Crippen LogP contribution >= 0.6 is 0 Å². The second kappa shape index (κ2) is 2.67. The zero-order valence-electron chi connectivity index (χ0n) is 6.01. The molecular weight excluding hydrogens is 112 g/mol. The van der Waals surface area contributed by atoms with Crippen molar-refractivity contribution in [2.75, 3.05) is 6.54 Å². The Hall–Kier alpha value is -0.0800. The Bertz CT molecular complexity index is 90.9. The Morgan fingerprint density at radius 3 is 2.56 bits per heavy atom. The van der Waals surface area contributed by atoms with E-state index in [1.807, 2.05) is 0 Å². The molecule has 1 fully saturated rings. The first kappa shape index (κ1) is 7.03. The van der Waals surface area contributed by atoms with Gasteiger partial charge in [-0.1, -0.05) is 0 Å². The lowest BCUT2D eigenvalue weighted by atomic mass is 10.1. The van der Waals surface area contributed by atoms with Crippen LogP contribution in [0.4, 0.5) is 0 Å². The molecule has 0 aliphatic heterocycles. The summed E-state index contributed by atoms with van der Waals surface area (Å²) in [4.78, 5) is 0. The summed E-state index contributed by atoms with van der Waals surface area (Å²) in [5.41, 5.74) is 11.1. The van der Waals surface area contributed by atoms with Crippen molar-refractivity contribution in [3.63, 3.8) is 0 Å². The first-order valence-corrected chi connectivity index (χ1v) is 3.69. The van der Waals surface area contributed by atoms with E-state index in [1.54, 1.807) is 0 Å². The average Bonchev–Trinajstić information content (AvgIpc) is 2.45. The number of hydrogen-bond donors (Lipinski definition) is 2. The van der Waals surface area contributed by atoms with Gasteiger partial charge in [0.2, 0.25) is 0 Å². The highest BCUT2D eigenvalue weighted by molar-refractivity contribution is 4.88. The number of hydrogen-bond acceptors (Lipinski definition) is 2. The summed E-state index contributed by atoms with van der Waals surface area (Å²) in [6.45, 7) is 2.92. The van der Waals surface area contributed by atoms with E-state index in [4.69, 9.17) is 11.5 Å². The molecule has 1 saturated carbocycles. The molecule has 2 heteroatoms. The predicted octanol–water partition coefficient (Wildman–Crippen LogP) is 0.319. The van der Waals surface area contributed by atoms with Gasteiger partial charge in [-0.3, -0.25) is 0 Å². The largest absolute Gasteiger partial charge is 0.330 e. The minimum absolute atomic E-state index is 0.367. The summed E-state index contributed by atoms with van der Waals surface area (Å²) in [6.07, 6.45) is 2.49. The molecule has 1 aliphatic carbocycles. The third-order valence-electron chi connectivity index (χ3n) is 2.05. The maximum absolute atomic E-state index is 5.61. The molecule has 0 spiro atoms. The lowest BCUT2D eigenvalue weighted by molar-refractivity contribution is 0.572. The fraction of sp³-hybridized carbons (Fsp3) is 1.00. The van der Waals surface area contributed by atoms with Crippen LogP contribution in [0, 0.1) is 11.8 Å². The monoisotopic (exact) mass is 128 g/mol. The van der Waals surface area contributed by atoms with Gasteiger partial charge in [0.25, 0.3) is 0 Å². The quantitative estimate of drug-likeness (QED) is 0.575. The summed E-state index contributed by atoms with van der Waals surface area (Å²) in [5.74, 6) is 1.66. The SMILES string of the molecule is CC(N)CC1CC1CN. The van der Waals surface area contributed by atoms with Gasteiger partial charge in [0.15, 0.2) is 0 Å². The Morgan fingerprint density at radius 2 is 2.22 bits per heavy atom. The maximum atomic E-state index is 5.61. The van der Waals surface area contributed by atoms with Gasteiger partial charge in [-0.15, -0.1) is 0 Å². The van der Waals surface area contributed by atoms with Crippen molar-refractivity contribution < 1.29 is 0 Å². The van der Waals surface area contributed by atoms with Gasteiger partial charge in [0.1, 0.15) is 0 Å². The second-order valence-corrected chi connectivity index (χ2v) is 3.20. The van der Waals surface area contributed by atoms with Crippen LogP contribution in [0.2, 0.25) is 0 Å². The van der Waals surface area contributed by atoms with Crippen LogP contribution in [-0.2, 0) is 0 Å². The molecule has 3 atom stereocenters. The molecule has 0 aromatic heterocycles. The molecule has 3 unspecified atom stereocenters. The molecule has 9 heavy (non-hydrogen) atoms. The number of nitrogens with two attached hydrogens (primary N) is 2. The Balaban J connectivity index is 2.05. The van der Waals surface area contributed by atoms with E-state index in [0.717, 1.165) is 18.4 Å². The molecule has 0 aromatic rings. The summed E-state index contributed by atoms with van der Waals surface area (Å²) >= 11 is 0. The van der Waals surface area contributed by atoms with Crippen molar-refractivity contribution >= 4 is 0 Å². The predicted molar refractivity (Wildman–Crippen MR) is 38.9 cm³/mol. The van der Waals surface area contributed by atoms with E-state index in [0.29, 0.717) is 6.04 Å². The highest BCUT2D eigenvalue weighted by atomic mass is 14.7. The molecule has 54 valence electrons. The first-order valence-electron chi connectivity index (χ1n) is 3.69. The van der Waals surface area contributed by atoms with Crippen LogP contribution in [0.3, 0.4) is 0 Å². The molecule has 0 bridgehead atoms. The molecule has 1 aliphatic rings. The van der Waals surface area contributed by atoms with Gasteiger partial charge >= 0.3 is 0 Å². The molecule has 4 N–H and O–H groups in total. The molecule has 0 heterocycles. The Morgan fingerprint density at radius 1 is 1.56 bits per heavy atom. The molecule has 1 rings (SSSR count). The standard InChI is InChI=1S/C7H16N2/c1-5(9)2-6-3-7(6)4-8/h5-7H,2-4,8-9H2,1H3. The van der Waals surface area contributed by atoms with Gasteiger partial charge < -0.3 is 11.5 Å². The molecule has 0 amide bonds. The molecule has 0 saturated heterocycles. The van der Waals surface area contributed by atoms with Crippen LogP contribution in [0.1, 0.15) is 19.8 Å². The minimum Gasteiger partial charge on any atom is -0.330 e. The van der Waals surface area contributed by atoms with Gasteiger partial charge in [0, 0.05) is 6.04 Å². The fourth-order valence-corrected chi connectivity index (χ4v) is 1.37. The first-order chi connectivity index (χ1) is 4.24. The van der Waals surface area contributed by atoms with Crippen LogP contribution in [-0.4, -0.2) is 12.6 Å². The summed E-state index contributed by atoms with van der Waals surface area (Å²) in [7, 11) is 0. The summed E-state index contributed by atoms with van der Waals surface area (Å²) < 4.78 is 0. The Labute approximate surface area is 56.6 Å². The van der Waals surface area contributed by atoms with Crippen molar-refractivity contribution in [3.8, 4) is 0 Å². The molecule has 2 nitrogen and oxygen atoms in total. The maximum Gasteiger partial charge on any atom is 0.00132 e. The molecule has 0 radical (unpaired) electrons. The fourth-order valence-electron chi connectivity index (χ4n) is 1.37.